The SMILES string of the molecule is CCc1ccc(C2=NN(C(=O)C(C)C)C(c3cnc4ccccc4n3)C2)cc1. The summed E-state index contributed by atoms with van der Waals surface area (Å²) in [5, 5.41) is 6.31. The van der Waals surface area contributed by atoms with Gasteiger partial charge in [0.1, 0.15) is 6.04 Å². The van der Waals surface area contributed by atoms with Crippen LogP contribution < -0.4 is 0 Å². The normalized spacial score (nSPS) is 16.6. The lowest BCUT2D eigenvalue weighted by molar-refractivity contribution is -0.136. The van der Waals surface area contributed by atoms with Crippen molar-refractivity contribution in [3.63, 3.8) is 0 Å². The molecule has 28 heavy (non-hydrogen) atoms. The van der Waals surface area contributed by atoms with E-state index in [1.54, 1.807) is 11.2 Å². The first kappa shape index (κ1) is 18.3. The fourth-order valence-corrected chi connectivity index (χ4v) is 3.45. The second-order valence-corrected chi connectivity index (χ2v) is 7.44. The number of carbonyl (C=O) groups is 1. The highest BCUT2D eigenvalue weighted by Gasteiger charge is 2.35. The van der Waals surface area contributed by atoms with Crippen LogP contribution in [0.5, 0.6) is 0 Å². The van der Waals surface area contributed by atoms with Crippen molar-refractivity contribution < 1.29 is 4.79 Å². The zero-order chi connectivity index (χ0) is 19.7. The summed E-state index contributed by atoms with van der Waals surface area (Å²) >= 11 is 0. The third-order valence-electron chi connectivity index (χ3n) is 5.13. The molecule has 5 heteroatoms. The lowest BCUT2D eigenvalue weighted by Crippen LogP contribution is -2.31. The summed E-state index contributed by atoms with van der Waals surface area (Å²) in [7, 11) is 0. The largest absolute Gasteiger partial charge is 0.273 e. The summed E-state index contributed by atoms with van der Waals surface area (Å²) in [6, 6.07) is 16.0. The third-order valence-corrected chi connectivity index (χ3v) is 5.13. The summed E-state index contributed by atoms with van der Waals surface area (Å²) in [4.78, 5) is 22.1. The van der Waals surface area contributed by atoms with E-state index in [0.717, 1.165) is 34.4 Å². The zero-order valence-corrected chi connectivity index (χ0v) is 16.5. The summed E-state index contributed by atoms with van der Waals surface area (Å²) in [6.07, 6.45) is 3.41. The highest BCUT2D eigenvalue weighted by Crippen LogP contribution is 2.33. The Morgan fingerprint density at radius 1 is 1.11 bits per heavy atom. The molecule has 0 radical (unpaired) electrons. The third kappa shape index (κ3) is 3.40. The van der Waals surface area contributed by atoms with Crippen molar-refractivity contribution in [2.75, 3.05) is 0 Å². The number of fused-ring (bicyclic) bond motifs is 1. The van der Waals surface area contributed by atoms with Crippen molar-refractivity contribution in [1.82, 2.24) is 15.0 Å². The first-order chi connectivity index (χ1) is 13.6. The number of hydrogen-bond donors (Lipinski definition) is 0. The number of para-hydroxylation sites is 2. The number of aryl methyl sites for hydroxylation is 1. The van der Waals surface area contributed by atoms with E-state index in [0.29, 0.717) is 6.42 Å². The molecule has 2 heterocycles. The Hall–Kier alpha value is -3.08. The number of benzene rings is 2. The van der Waals surface area contributed by atoms with Gasteiger partial charge in [0.05, 0.1) is 28.6 Å². The minimum atomic E-state index is -0.229. The van der Waals surface area contributed by atoms with Crippen molar-refractivity contribution in [2.24, 2.45) is 11.0 Å². The quantitative estimate of drug-likeness (QED) is 0.676. The summed E-state index contributed by atoms with van der Waals surface area (Å²) in [5.41, 5.74) is 5.71. The zero-order valence-electron chi connectivity index (χ0n) is 16.5. The van der Waals surface area contributed by atoms with Crippen LogP contribution in [-0.4, -0.2) is 26.6 Å². The molecular formula is C23H24N4O. The molecule has 0 saturated heterocycles. The molecule has 0 saturated carbocycles. The fourth-order valence-electron chi connectivity index (χ4n) is 3.45. The minimum Gasteiger partial charge on any atom is -0.273 e. The van der Waals surface area contributed by atoms with Crippen molar-refractivity contribution in [1.29, 1.82) is 0 Å². The summed E-state index contributed by atoms with van der Waals surface area (Å²) in [5.74, 6) is -0.137. The second kappa shape index (κ2) is 7.50. The second-order valence-electron chi connectivity index (χ2n) is 7.44. The number of amides is 1. The Balaban J connectivity index is 1.71. The highest BCUT2D eigenvalue weighted by molar-refractivity contribution is 6.03. The average Bonchev–Trinajstić information content (AvgIpc) is 3.18. The van der Waals surface area contributed by atoms with E-state index in [1.165, 1.54) is 5.56 Å². The minimum absolute atomic E-state index is 0.000127. The van der Waals surface area contributed by atoms with Gasteiger partial charge in [-0.2, -0.15) is 5.10 Å². The molecule has 1 unspecified atom stereocenters. The summed E-state index contributed by atoms with van der Waals surface area (Å²) < 4.78 is 0. The van der Waals surface area contributed by atoms with Crippen LogP contribution in [0.4, 0.5) is 0 Å². The van der Waals surface area contributed by atoms with E-state index in [1.807, 2.05) is 38.1 Å². The average molecular weight is 372 g/mol. The van der Waals surface area contributed by atoms with Gasteiger partial charge in [-0.1, -0.05) is 57.2 Å². The maximum Gasteiger partial charge on any atom is 0.245 e. The number of carbonyl (C=O) groups excluding carboxylic acids is 1. The predicted octanol–water partition coefficient (Wildman–Crippen LogP) is 4.53. The molecule has 1 aliphatic heterocycles. The molecule has 1 aliphatic rings. The van der Waals surface area contributed by atoms with E-state index in [4.69, 9.17) is 10.1 Å². The van der Waals surface area contributed by atoms with Crippen LogP contribution in [0.1, 0.15) is 50.1 Å². The van der Waals surface area contributed by atoms with Crippen LogP contribution in [0.15, 0.2) is 59.8 Å². The molecule has 3 aromatic rings. The first-order valence-electron chi connectivity index (χ1n) is 9.78. The van der Waals surface area contributed by atoms with Gasteiger partial charge in [-0.15, -0.1) is 0 Å². The van der Waals surface area contributed by atoms with E-state index in [-0.39, 0.29) is 17.9 Å². The van der Waals surface area contributed by atoms with Gasteiger partial charge in [-0.3, -0.25) is 9.78 Å². The maximum atomic E-state index is 12.8. The number of hydrogen-bond acceptors (Lipinski definition) is 4. The van der Waals surface area contributed by atoms with Gasteiger partial charge in [0.2, 0.25) is 5.91 Å². The molecule has 1 aromatic heterocycles. The molecule has 0 aliphatic carbocycles. The van der Waals surface area contributed by atoms with Gasteiger partial charge in [-0.25, -0.2) is 9.99 Å². The Morgan fingerprint density at radius 3 is 2.50 bits per heavy atom. The van der Waals surface area contributed by atoms with Gasteiger partial charge >= 0.3 is 0 Å². The summed E-state index contributed by atoms with van der Waals surface area (Å²) in [6.45, 7) is 5.93. The Labute approximate surface area is 165 Å². The Morgan fingerprint density at radius 2 is 1.82 bits per heavy atom. The molecule has 4 rings (SSSR count). The molecule has 2 aromatic carbocycles. The van der Waals surface area contributed by atoms with E-state index in [9.17, 15) is 4.79 Å². The Bertz CT molecular complexity index is 1040. The molecule has 0 fully saturated rings. The molecule has 5 nitrogen and oxygen atoms in total. The molecule has 1 amide bonds. The van der Waals surface area contributed by atoms with Gasteiger partial charge in [0.25, 0.3) is 0 Å². The molecule has 142 valence electrons. The van der Waals surface area contributed by atoms with Gasteiger partial charge < -0.3 is 0 Å². The molecular weight excluding hydrogens is 348 g/mol. The lowest BCUT2D eigenvalue weighted by atomic mass is 10.00. The van der Waals surface area contributed by atoms with Gasteiger partial charge in [0, 0.05) is 12.3 Å². The highest BCUT2D eigenvalue weighted by atomic mass is 16.2. The molecule has 0 bridgehead atoms. The fraction of sp³-hybridized carbons (Fsp3) is 0.304. The molecule has 0 spiro atoms. The maximum absolute atomic E-state index is 12.8. The van der Waals surface area contributed by atoms with Crippen molar-refractivity contribution >= 4 is 22.7 Å². The van der Waals surface area contributed by atoms with E-state index in [2.05, 4.69) is 36.2 Å². The van der Waals surface area contributed by atoms with Crippen molar-refractivity contribution in [2.45, 2.75) is 39.7 Å². The lowest BCUT2D eigenvalue weighted by Gasteiger charge is -2.22. The molecule has 0 N–H and O–H groups in total. The monoisotopic (exact) mass is 372 g/mol. The van der Waals surface area contributed by atoms with Crippen LogP contribution in [0, 0.1) is 5.92 Å². The van der Waals surface area contributed by atoms with E-state index >= 15 is 0 Å². The smallest absolute Gasteiger partial charge is 0.245 e. The van der Waals surface area contributed by atoms with Gasteiger partial charge in [0.15, 0.2) is 0 Å². The standard InChI is InChI=1S/C23H24N4O/c1-4-16-9-11-17(12-10-16)20-13-22(27(26-20)23(28)15(2)3)21-14-24-18-7-5-6-8-19(18)25-21/h5-12,14-15,22H,4,13H2,1-3H3. The van der Waals surface area contributed by atoms with Crippen LogP contribution >= 0.6 is 0 Å². The molecule has 1 atom stereocenters. The first-order valence-corrected chi connectivity index (χ1v) is 9.78. The number of aromatic nitrogens is 2. The topological polar surface area (TPSA) is 58.5 Å². The van der Waals surface area contributed by atoms with Crippen LogP contribution in [0.3, 0.4) is 0 Å². The van der Waals surface area contributed by atoms with Crippen LogP contribution in [-0.2, 0) is 11.2 Å². The van der Waals surface area contributed by atoms with Crippen LogP contribution in [0.2, 0.25) is 0 Å². The number of rotatable bonds is 4. The Kier molecular flexibility index (Phi) is 4.90. The number of nitrogens with zero attached hydrogens (tertiary/aromatic N) is 4. The van der Waals surface area contributed by atoms with Crippen LogP contribution in [0.25, 0.3) is 11.0 Å². The number of hydrazone groups is 1. The van der Waals surface area contributed by atoms with Crippen molar-refractivity contribution in [3.05, 3.63) is 71.5 Å². The van der Waals surface area contributed by atoms with E-state index < -0.39 is 0 Å². The van der Waals surface area contributed by atoms with Crippen molar-refractivity contribution in [3.8, 4) is 0 Å². The predicted molar refractivity (Wildman–Crippen MR) is 111 cm³/mol. The van der Waals surface area contributed by atoms with Gasteiger partial charge in [-0.05, 0) is 29.7 Å².